The third-order valence-corrected chi connectivity index (χ3v) is 5.97. The van der Waals surface area contributed by atoms with E-state index in [-0.39, 0.29) is 17.4 Å². The van der Waals surface area contributed by atoms with E-state index in [1.54, 1.807) is 17.0 Å². The lowest BCUT2D eigenvalue weighted by molar-refractivity contribution is 0.0769. The third kappa shape index (κ3) is 3.50. The number of nitrogens with one attached hydrogen (secondary N) is 2. The van der Waals surface area contributed by atoms with Gasteiger partial charge in [-0.15, -0.1) is 0 Å². The van der Waals surface area contributed by atoms with Crippen molar-refractivity contribution < 1.29 is 9.90 Å². The molecule has 1 amide bonds. The summed E-state index contributed by atoms with van der Waals surface area (Å²) in [6, 6.07) is 16.6. The quantitative estimate of drug-likeness (QED) is 0.592. The van der Waals surface area contributed by atoms with Gasteiger partial charge in [-0.05, 0) is 18.2 Å². The summed E-state index contributed by atoms with van der Waals surface area (Å²) in [6.07, 6.45) is 1.41. The predicted octanol–water partition coefficient (Wildman–Crippen LogP) is 3.51. The standard InChI is InChI=1S/C20H18ClN5O2S/c1-22-18(27)16-17(24-12-23-16)25-19-26(13-7-3-2-4-8-13)20(28,11-29-19)14-9-5-6-10-15(14)21/h2-10,12,28H,11H2,1H3,(H,22,27)(H,23,24). The van der Waals surface area contributed by atoms with Gasteiger partial charge in [0.1, 0.15) is 0 Å². The van der Waals surface area contributed by atoms with Gasteiger partial charge in [0.05, 0.1) is 12.1 Å². The number of H-pyrrole nitrogens is 1. The van der Waals surface area contributed by atoms with Gasteiger partial charge in [0.2, 0.25) is 0 Å². The fraction of sp³-hybridized carbons (Fsp3) is 0.150. The van der Waals surface area contributed by atoms with E-state index < -0.39 is 5.72 Å². The number of imidazole rings is 1. The van der Waals surface area contributed by atoms with E-state index in [1.165, 1.54) is 25.1 Å². The van der Waals surface area contributed by atoms with Crippen LogP contribution in [0.1, 0.15) is 16.1 Å². The zero-order valence-electron chi connectivity index (χ0n) is 15.5. The summed E-state index contributed by atoms with van der Waals surface area (Å²) in [5.41, 5.74) is 0.168. The van der Waals surface area contributed by atoms with Crippen LogP contribution in [0.25, 0.3) is 0 Å². The van der Waals surface area contributed by atoms with E-state index in [2.05, 4.69) is 20.3 Å². The monoisotopic (exact) mass is 427 g/mol. The molecule has 2 heterocycles. The van der Waals surface area contributed by atoms with Crippen LogP contribution < -0.4 is 10.2 Å². The minimum absolute atomic E-state index is 0.246. The van der Waals surface area contributed by atoms with Crippen LogP contribution in [-0.4, -0.2) is 38.9 Å². The summed E-state index contributed by atoms with van der Waals surface area (Å²) < 4.78 is 0. The Bertz CT molecular complexity index is 1070. The van der Waals surface area contributed by atoms with E-state index in [9.17, 15) is 9.90 Å². The highest BCUT2D eigenvalue weighted by Crippen LogP contribution is 2.44. The summed E-state index contributed by atoms with van der Waals surface area (Å²) in [5.74, 6) is 0.234. The molecule has 1 aliphatic heterocycles. The number of carbonyl (C=O) groups excluding carboxylic acids is 1. The normalized spacial score (nSPS) is 20.2. The number of aromatic amines is 1. The van der Waals surface area contributed by atoms with Crippen molar-refractivity contribution in [3.63, 3.8) is 0 Å². The highest BCUT2D eigenvalue weighted by Gasteiger charge is 2.47. The average molecular weight is 428 g/mol. The molecule has 0 saturated carbocycles. The van der Waals surface area contributed by atoms with Gasteiger partial charge in [-0.1, -0.05) is 59.8 Å². The van der Waals surface area contributed by atoms with Gasteiger partial charge in [-0.2, -0.15) is 0 Å². The Hall–Kier alpha value is -2.81. The lowest BCUT2D eigenvalue weighted by Crippen LogP contribution is -2.45. The maximum Gasteiger partial charge on any atom is 0.271 e. The summed E-state index contributed by atoms with van der Waals surface area (Å²) in [4.78, 5) is 25.4. The summed E-state index contributed by atoms with van der Waals surface area (Å²) in [6.45, 7) is 0. The molecule has 9 heteroatoms. The Morgan fingerprint density at radius 2 is 2.00 bits per heavy atom. The number of hydrogen-bond acceptors (Lipinski definition) is 5. The van der Waals surface area contributed by atoms with Gasteiger partial charge >= 0.3 is 0 Å². The lowest BCUT2D eigenvalue weighted by Gasteiger charge is -2.35. The van der Waals surface area contributed by atoms with Gasteiger partial charge in [0, 0.05) is 23.3 Å². The minimum Gasteiger partial charge on any atom is -0.366 e. The van der Waals surface area contributed by atoms with Crippen molar-refractivity contribution in [1.82, 2.24) is 15.3 Å². The number of benzene rings is 2. The number of thioether (sulfide) groups is 1. The molecule has 1 aromatic heterocycles. The van der Waals surface area contributed by atoms with Gasteiger partial charge in [0.15, 0.2) is 22.4 Å². The molecule has 7 nitrogen and oxygen atoms in total. The molecule has 4 rings (SSSR count). The number of aliphatic hydroxyl groups is 1. The second kappa shape index (κ2) is 7.90. The molecule has 1 atom stereocenters. The molecule has 1 fully saturated rings. The zero-order chi connectivity index (χ0) is 20.4. The molecule has 29 heavy (non-hydrogen) atoms. The molecule has 0 radical (unpaired) electrons. The number of carbonyl (C=O) groups is 1. The maximum atomic E-state index is 12.1. The van der Waals surface area contributed by atoms with Crippen LogP contribution in [0.4, 0.5) is 11.5 Å². The van der Waals surface area contributed by atoms with E-state index in [0.717, 1.165) is 5.69 Å². The summed E-state index contributed by atoms with van der Waals surface area (Å²) in [7, 11) is 1.54. The minimum atomic E-state index is -1.41. The fourth-order valence-electron chi connectivity index (χ4n) is 3.17. The van der Waals surface area contributed by atoms with Gasteiger partial charge in [-0.3, -0.25) is 9.69 Å². The Balaban J connectivity index is 1.85. The van der Waals surface area contributed by atoms with Crippen molar-refractivity contribution in [2.75, 3.05) is 17.7 Å². The summed E-state index contributed by atoms with van der Waals surface area (Å²) >= 11 is 7.78. The number of hydrogen-bond donors (Lipinski definition) is 3. The Morgan fingerprint density at radius 1 is 1.28 bits per heavy atom. The largest absolute Gasteiger partial charge is 0.366 e. The first-order chi connectivity index (χ1) is 14.0. The Morgan fingerprint density at radius 3 is 2.72 bits per heavy atom. The Kier molecular flexibility index (Phi) is 5.31. The topological polar surface area (TPSA) is 93.6 Å². The number of halogens is 1. The fourth-order valence-corrected chi connectivity index (χ4v) is 4.61. The Labute approximate surface area is 176 Å². The van der Waals surface area contributed by atoms with E-state index >= 15 is 0 Å². The molecule has 3 N–H and O–H groups in total. The number of aromatic nitrogens is 2. The van der Waals surface area contributed by atoms with Crippen LogP contribution in [0.3, 0.4) is 0 Å². The van der Waals surface area contributed by atoms with Crippen molar-refractivity contribution in [3.05, 3.63) is 77.2 Å². The van der Waals surface area contributed by atoms with Crippen LogP contribution >= 0.6 is 23.4 Å². The first-order valence-electron chi connectivity index (χ1n) is 8.84. The third-order valence-electron chi connectivity index (χ3n) is 4.56. The predicted molar refractivity (Wildman–Crippen MR) is 116 cm³/mol. The average Bonchev–Trinajstić information content (AvgIpc) is 3.33. The number of rotatable bonds is 4. The number of amidine groups is 1. The lowest BCUT2D eigenvalue weighted by atomic mass is 10.0. The number of aliphatic imine (C=N–C) groups is 1. The molecule has 0 aliphatic carbocycles. The smallest absolute Gasteiger partial charge is 0.271 e. The second-order valence-electron chi connectivity index (χ2n) is 6.33. The van der Waals surface area contributed by atoms with Crippen LogP contribution in [-0.2, 0) is 5.72 Å². The number of para-hydroxylation sites is 1. The molecule has 3 aromatic rings. The van der Waals surface area contributed by atoms with Crippen LogP contribution in [0, 0.1) is 0 Å². The molecule has 0 bridgehead atoms. The highest BCUT2D eigenvalue weighted by atomic mass is 35.5. The molecule has 1 saturated heterocycles. The molecule has 2 aromatic carbocycles. The van der Waals surface area contributed by atoms with Crippen molar-refractivity contribution in [2.45, 2.75) is 5.72 Å². The van der Waals surface area contributed by atoms with E-state index in [1.807, 2.05) is 42.5 Å². The summed E-state index contributed by atoms with van der Waals surface area (Å²) in [5, 5.41) is 15.2. The van der Waals surface area contributed by atoms with Crippen molar-refractivity contribution in [2.24, 2.45) is 4.99 Å². The van der Waals surface area contributed by atoms with Gasteiger partial charge in [-0.25, -0.2) is 9.98 Å². The maximum absolute atomic E-state index is 12.1. The van der Waals surface area contributed by atoms with Crippen molar-refractivity contribution in [1.29, 1.82) is 0 Å². The van der Waals surface area contributed by atoms with Crippen LogP contribution in [0.2, 0.25) is 5.02 Å². The first kappa shape index (κ1) is 19.5. The van der Waals surface area contributed by atoms with Crippen molar-refractivity contribution >= 4 is 45.9 Å². The molecule has 1 unspecified atom stereocenters. The highest BCUT2D eigenvalue weighted by molar-refractivity contribution is 8.14. The second-order valence-corrected chi connectivity index (χ2v) is 7.68. The number of nitrogens with zero attached hydrogens (tertiary/aromatic N) is 3. The van der Waals surface area contributed by atoms with Gasteiger partial charge < -0.3 is 15.4 Å². The van der Waals surface area contributed by atoms with Gasteiger partial charge in [0.25, 0.3) is 5.91 Å². The molecule has 0 spiro atoms. The molecule has 148 valence electrons. The first-order valence-corrected chi connectivity index (χ1v) is 10.2. The van der Waals surface area contributed by atoms with E-state index in [4.69, 9.17) is 11.6 Å². The van der Waals surface area contributed by atoms with Crippen molar-refractivity contribution in [3.8, 4) is 0 Å². The SMILES string of the molecule is CNC(=O)c1[nH]cnc1N=C1SCC(O)(c2ccccc2Cl)N1c1ccccc1. The number of anilines is 1. The van der Waals surface area contributed by atoms with E-state index in [0.29, 0.717) is 21.5 Å². The van der Waals surface area contributed by atoms with Crippen LogP contribution in [0.15, 0.2) is 65.9 Å². The zero-order valence-corrected chi connectivity index (χ0v) is 17.0. The molecule has 1 aliphatic rings. The molecular formula is C20H18ClN5O2S. The van der Waals surface area contributed by atoms with Crippen LogP contribution in [0.5, 0.6) is 0 Å². The number of amides is 1. The molecular weight excluding hydrogens is 410 g/mol.